The predicted molar refractivity (Wildman–Crippen MR) is 306 cm³/mol. The molecule has 360 valence electrons. The molecule has 0 aromatic heterocycles. The van der Waals surface area contributed by atoms with Gasteiger partial charge in [0.15, 0.2) is 0 Å². The minimum atomic E-state index is -0.166. The van der Waals surface area contributed by atoms with Crippen molar-refractivity contribution >= 4 is 57.0 Å². The Morgan fingerprint density at radius 2 is 0.930 bits per heavy atom. The highest BCUT2D eigenvalue weighted by Gasteiger charge is 2.52. The zero-order valence-electron chi connectivity index (χ0n) is 45.6. The summed E-state index contributed by atoms with van der Waals surface area (Å²) in [6.07, 6.45) is 7.10. The van der Waals surface area contributed by atoms with E-state index in [1.165, 1.54) is 161 Å². The quantitative estimate of drug-likeness (QED) is 0.159. The average Bonchev–Trinajstić information content (AvgIpc) is 3.56. The van der Waals surface area contributed by atoms with Gasteiger partial charge in [-0.15, -0.1) is 0 Å². The van der Waals surface area contributed by atoms with Gasteiger partial charge in [0.25, 0.3) is 0 Å². The highest BCUT2D eigenvalue weighted by atomic mass is 15.2. The lowest BCUT2D eigenvalue weighted by Gasteiger charge is -2.50. The van der Waals surface area contributed by atoms with Gasteiger partial charge >= 0.3 is 6.85 Å². The standard InChI is InChI=1S/C68H75BN2/c1-40-34-50-53(66(10,11)32-30-63(50,4)5)38-56(40)70-60-43-21-17-16-20-41(43)35-46-45-37-52-54(67(12,13)33-31-65(52,8)9)39-57(45)71(42-24-25-48-51(36-42)64(6,7)29-28-62(48,2)3)69(59(46)60)55-27-26-49-58(61(55)70)44-22-18-19-23-47(44)68(49,14)15/h16-27,34-39H,28-33H2,1-15H3. The van der Waals surface area contributed by atoms with Gasteiger partial charge in [0, 0.05) is 39.0 Å². The first-order valence-corrected chi connectivity index (χ1v) is 27.3. The minimum absolute atomic E-state index is 0.0457. The summed E-state index contributed by atoms with van der Waals surface area (Å²) in [5.74, 6) is 0. The van der Waals surface area contributed by atoms with Crippen molar-refractivity contribution < 1.29 is 0 Å². The maximum atomic E-state index is 2.85. The second-order valence-electron chi connectivity index (χ2n) is 27.7. The first kappa shape index (κ1) is 45.3. The fourth-order valence-corrected chi connectivity index (χ4v) is 15.2. The second-order valence-corrected chi connectivity index (χ2v) is 27.7. The maximum absolute atomic E-state index is 2.85. The molecule has 7 aromatic carbocycles. The zero-order valence-corrected chi connectivity index (χ0v) is 45.6. The van der Waals surface area contributed by atoms with Gasteiger partial charge in [-0.05, 0) is 192 Å². The molecule has 7 aromatic rings. The number of benzene rings is 7. The normalized spacial score (nSPS) is 21.3. The van der Waals surface area contributed by atoms with Crippen molar-refractivity contribution in [3.05, 3.63) is 159 Å². The minimum Gasteiger partial charge on any atom is -0.376 e. The molecule has 0 atom stereocenters. The second kappa shape index (κ2) is 14.1. The van der Waals surface area contributed by atoms with Gasteiger partial charge in [0.2, 0.25) is 0 Å². The summed E-state index contributed by atoms with van der Waals surface area (Å²) in [6, 6.07) is 44.8. The fraction of sp³-hybridized carbons (Fsp3) is 0.412. The molecule has 0 fully saturated rings. The number of hydrogen-bond acceptors (Lipinski definition) is 2. The monoisotopic (exact) mass is 931 g/mol. The molecule has 3 heteroatoms. The van der Waals surface area contributed by atoms with E-state index in [4.69, 9.17) is 0 Å². The number of rotatable bonds is 2. The summed E-state index contributed by atoms with van der Waals surface area (Å²) in [7, 11) is 0. The van der Waals surface area contributed by atoms with Gasteiger partial charge in [-0.2, -0.15) is 0 Å². The first-order chi connectivity index (χ1) is 33.3. The molecule has 0 bridgehead atoms. The van der Waals surface area contributed by atoms with E-state index in [9.17, 15) is 0 Å². The molecule has 2 aliphatic heterocycles. The summed E-state index contributed by atoms with van der Waals surface area (Å²) in [4.78, 5) is 5.68. The summed E-state index contributed by atoms with van der Waals surface area (Å²) < 4.78 is 0. The van der Waals surface area contributed by atoms with E-state index >= 15 is 0 Å². The molecule has 4 aliphatic carbocycles. The molecule has 0 saturated heterocycles. The highest BCUT2D eigenvalue weighted by Crippen LogP contribution is 2.60. The SMILES string of the molecule is Cc1cc2c(cc1N1c3c(ccc4c3-c3ccccc3C4(C)C)B3c4c(cc5ccccc5c41)-c1cc4c(cc1N3c1ccc3c(c1)C(C)(C)CCC3(C)C)C(C)(C)CCC4(C)C)C(C)(C)CCC2(C)C. The van der Waals surface area contributed by atoms with Crippen LogP contribution in [-0.2, 0) is 37.9 Å². The Kier molecular flexibility index (Phi) is 9.03. The van der Waals surface area contributed by atoms with Crippen LogP contribution in [0.5, 0.6) is 0 Å². The lowest BCUT2D eigenvalue weighted by atomic mass is 9.42. The number of anilines is 5. The van der Waals surface area contributed by atoms with Crippen LogP contribution in [0.15, 0.2) is 109 Å². The van der Waals surface area contributed by atoms with E-state index in [1.54, 1.807) is 0 Å². The smallest absolute Gasteiger partial charge is 0.333 e. The fourth-order valence-electron chi connectivity index (χ4n) is 15.2. The van der Waals surface area contributed by atoms with Crippen molar-refractivity contribution in [3.8, 4) is 22.3 Å². The zero-order chi connectivity index (χ0) is 49.9. The van der Waals surface area contributed by atoms with Crippen molar-refractivity contribution in [3.63, 3.8) is 0 Å². The molecule has 13 rings (SSSR count). The largest absolute Gasteiger partial charge is 0.376 e. The molecule has 0 N–H and O–H groups in total. The lowest BCUT2D eigenvalue weighted by Crippen LogP contribution is -2.62. The lowest BCUT2D eigenvalue weighted by molar-refractivity contribution is 0.332. The van der Waals surface area contributed by atoms with Crippen molar-refractivity contribution in [1.82, 2.24) is 0 Å². The van der Waals surface area contributed by atoms with E-state index in [0.29, 0.717) is 0 Å². The molecule has 0 radical (unpaired) electrons. The molecule has 0 unspecified atom stereocenters. The van der Waals surface area contributed by atoms with Crippen LogP contribution in [0.3, 0.4) is 0 Å². The number of nitrogens with zero attached hydrogens (tertiary/aromatic N) is 2. The van der Waals surface area contributed by atoms with Crippen LogP contribution < -0.4 is 20.6 Å². The Bertz CT molecular complexity index is 3500. The third kappa shape index (κ3) is 6.08. The molecule has 0 amide bonds. The van der Waals surface area contributed by atoms with Gasteiger partial charge in [-0.3, -0.25) is 0 Å². The Balaban J connectivity index is 1.22. The van der Waals surface area contributed by atoms with Crippen LogP contribution in [0.1, 0.15) is 186 Å². The predicted octanol–water partition coefficient (Wildman–Crippen LogP) is 17.2. The van der Waals surface area contributed by atoms with E-state index in [2.05, 4.69) is 223 Å². The van der Waals surface area contributed by atoms with E-state index in [1.807, 2.05) is 0 Å². The van der Waals surface area contributed by atoms with Gasteiger partial charge in [0.05, 0.1) is 11.4 Å². The summed E-state index contributed by atoms with van der Waals surface area (Å²) >= 11 is 0. The third-order valence-corrected chi connectivity index (χ3v) is 20.1. The molecular weight excluding hydrogens is 856 g/mol. The molecular formula is C68H75BN2. The van der Waals surface area contributed by atoms with Crippen LogP contribution in [0.2, 0.25) is 0 Å². The summed E-state index contributed by atoms with van der Waals surface area (Å²) in [6.45, 7) is 37.1. The Labute approximate surface area is 426 Å². The molecule has 2 nitrogen and oxygen atoms in total. The molecule has 0 saturated carbocycles. The van der Waals surface area contributed by atoms with Crippen molar-refractivity contribution in [2.75, 3.05) is 9.71 Å². The van der Waals surface area contributed by atoms with Crippen LogP contribution in [-0.4, -0.2) is 6.85 Å². The van der Waals surface area contributed by atoms with Crippen LogP contribution in [0.25, 0.3) is 33.0 Å². The van der Waals surface area contributed by atoms with Crippen LogP contribution in [0.4, 0.5) is 28.4 Å². The Morgan fingerprint density at radius 3 is 1.58 bits per heavy atom. The Hall–Kier alpha value is -5.54. The molecule has 71 heavy (non-hydrogen) atoms. The first-order valence-electron chi connectivity index (χ1n) is 27.3. The highest BCUT2D eigenvalue weighted by molar-refractivity contribution is 6.94. The third-order valence-electron chi connectivity index (χ3n) is 20.1. The van der Waals surface area contributed by atoms with Crippen molar-refractivity contribution in [2.24, 2.45) is 0 Å². The molecule has 6 aliphatic rings. The summed E-state index contributed by atoms with van der Waals surface area (Å²) in [5.41, 5.74) is 28.5. The van der Waals surface area contributed by atoms with Crippen LogP contribution in [0, 0.1) is 6.92 Å². The molecule has 0 spiro atoms. The summed E-state index contributed by atoms with van der Waals surface area (Å²) in [5, 5.41) is 2.62. The van der Waals surface area contributed by atoms with Gasteiger partial charge in [0.1, 0.15) is 0 Å². The average molecular weight is 931 g/mol. The van der Waals surface area contributed by atoms with Crippen LogP contribution >= 0.6 is 0 Å². The molecule has 2 heterocycles. The van der Waals surface area contributed by atoms with E-state index in [-0.39, 0.29) is 44.8 Å². The number of fused-ring (bicyclic) bond motifs is 13. The number of hydrogen-bond donors (Lipinski definition) is 0. The van der Waals surface area contributed by atoms with E-state index in [0.717, 1.165) is 0 Å². The van der Waals surface area contributed by atoms with E-state index < -0.39 is 0 Å². The Morgan fingerprint density at radius 1 is 0.408 bits per heavy atom. The van der Waals surface area contributed by atoms with Gasteiger partial charge < -0.3 is 9.71 Å². The topological polar surface area (TPSA) is 6.48 Å². The van der Waals surface area contributed by atoms with Gasteiger partial charge in [-0.25, -0.2) is 0 Å². The van der Waals surface area contributed by atoms with Crippen molar-refractivity contribution in [1.29, 1.82) is 0 Å². The maximum Gasteiger partial charge on any atom is 0.333 e. The number of aryl methyl sites for hydroxylation is 1. The van der Waals surface area contributed by atoms with Crippen molar-refractivity contribution in [2.45, 2.75) is 180 Å². The van der Waals surface area contributed by atoms with Gasteiger partial charge in [-0.1, -0.05) is 170 Å².